The normalized spacial score (nSPS) is 16.5. The van der Waals surface area contributed by atoms with Crippen LogP contribution in [-0.2, 0) is 51.9 Å². The van der Waals surface area contributed by atoms with Crippen molar-refractivity contribution in [3.63, 3.8) is 0 Å². The number of rotatable bonds is 20. The Morgan fingerprint density at radius 2 is 0.551 bits per heavy atom. The minimum absolute atomic E-state index is 0. The zero-order valence-electron chi connectivity index (χ0n) is 45.3. The van der Waals surface area contributed by atoms with Crippen molar-refractivity contribution in [3.05, 3.63) is 95.1 Å². The summed E-state index contributed by atoms with van der Waals surface area (Å²) in [6.45, 7) is 20.5. The van der Waals surface area contributed by atoms with E-state index in [1.165, 1.54) is 24.3 Å². The Morgan fingerprint density at radius 3 is 0.718 bits per heavy atom. The summed E-state index contributed by atoms with van der Waals surface area (Å²) in [6.07, 6.45) is 6.56. The summed E-state index contributed by atoms with van der Waals surface area (Å²) in [6, 6.07) is 19.9. The molecule has 78 heavy (non-hydrogen) atoms. The van der Waals surface area contributed by atoms with Gasteiger partial charge in [0.1, 0.15) is 23.0 Å². The molecule has 432 valence electrons. The van der Waals surface area contributed by atoms with E-state index in [9.17, 15) is 20.4 Å². The molecule has 0 aromatic heterocycles. The molecular weight excluding hydrogens is 1090 g/mol. The second-order valence-corrected chi connectivity index (χ2v) is 17.6. The molecule has 0 atom stereocenters. The molecule has 4 aromatic carbocycles. The maximum Gasteiger partial charge on any atom is 2.00 e. The summed E-state index contributed by atoms with van der Waals surface area (Å²) in [7, 11) is 6.19. The van der Waals surface area contributed by atoms with Crippen LogP contribution in [0.5, 0.6) is 46.0 Å². The summed E-state index contributed by atoms with van der Waals surface area (Å²) in [5.74, 6) is 2.07. The van der Waals surface area contributed by atoms with Gasteiger partial charge in [-0.2, -0.15) is 0 Å². The number of aliphatic imine (C=N–C) groups is 4. The van der Waals surface area contributed by atoms with Crippen molar-refractivity contribution in [2.45, 2.75) is 0 Å². The number of nitrogens with zero attached hydrogens (tertiary/aromatic N) is 8. The quantitative estimate of drug-likeness (QED) is 0.0912. The summed E-state index contributed by atoms with van der Waals surface area (Å²) < 4.78 is 41.1. The minimum Gasteiger partial charge on any atom is -0.872 e. The third-order valence-corrected chi connectivity index (χ3v) is 12.4. The fraction of sp³-hybridized carbons (Fsp3) is 0.500. The molecule has 0 N–H and O–H groups in total. The summed E-state index contributed by atoms with van der Waals surface area (Å²) >= 11 is 0. The van der Waals surface area contributed by atoms with Gasteiger partial charge in [0.25, 0.3) is 0 Å². The van der Waals surface area contributed by atoms with E-state index in [1.54, 1.807) is 102 Å². The van der Waals surface area contributed by atoms with Crippen molar-refractivity contribution in [2.24, 2.45) is 20.0 Å². The maximum absolute atomic E-state index is 11.7. The third kappa shape index (κ3) is 26.1. The van der Waals surface area contributed by atoms with Gasteiger partial charge in [0.2, 0.25) is 0 Å². The van der Waals surface area contributed by atoms with Crippen molar-refractivity contribution < 1.29 is 91.3 Å². The molecule has 0 aliphatic carbocycles. The first-order valence-electron chi connectivity index (χ1n) is 25.8. The molecule has 4 aliphatic rings. The zero-order chi connectivity index (χ0) is 54.0. The van der Waals surface area contributed by atoms with E-state index in [1.807, 2.05) is 0 Å². The van der Waals surface area contributed by atoms with E-state index >= 15 is 0 Å². The van der Waals surface area contributed by atoms with E-state index < -0.39 is 0 Å². The predicted molar refractivity (Wildman–Crippen MR) is 289 cm³/mol. The molecule has 22 heteroatoms. The van der Waals surface area contributed by atoms with Crippen LogP contribution < -0.4 is 39.4 Å². The Bertz CT molecular complexity index is 2050. The molecule has 0 bridgehead atoms. The third-order valence-electron chi connectivity index (χ3n) is 12.4. The van der Waals surface area contributed by atoms with Gasteiger partial charge in [0.15, 0.2) is 0 Å². The van der Waals surface area contributed by atoms with Gasteiger partial charge in [0.05, 0.1) is 107 Å². The molecule has 20 nitrogen and oxygen atoms in total. The number of methoxy groups -OCH3 is 4. The monoisotopic (exact) mass is 1170 g/mol. The van der Waals surface area contributed by atoms with Crippen LogP contribution in [0.2, 0.25) is 0 Å². The Balaban J connectivity index is 0.000000271. The molecule has 0 saturated carbocycles. The molecule has 4 fully saturated rings. The Labute approximate surface area is 480 Å². The van der Waals surface area contributed by atoms with Crippen LogP contribution in [-0.4, -0.2) is 230 Å². The van der Waals surface area contributed by atoms with Crippen LogP contribution >= 0.6 is 0 Å². The second kappa shape index (κ2) is 39.9. The number of benzene rings is 4. The van der Waals surface area contributed by atoms with Crippen LogP contribution in [0.4, 0.5) is 0 Å². The van der Waals surface area contributed by atoms with Crippen molar-refractivity contribution in [1.82, 2.24) is 19.6 Å². The number of ether oxygens (including phenoxy) is 8. The zero-order valence-corrected chi connectivity index (χ0v) is 47.3. The first kappa shape index (κ1) is 66.9. The Hall–Kier alpha value is -5.37. The van der Waals surface area contributed by atoms with Crippen molar-refractivity contribution in [1.29, 1.82) is 0 Å². The molecule has 4 heterocycles. The Morgan fingerprint density at radius 1 is 0.359 bits per heavy atom. The Kier molecular flexibility index (Phi) is 34.2. The number of hydrogen-bond acceptors (Lipinski definition) is 20. The fourth-order valence-electron chi connectivity index (χ4n) is 7.74. The molecule has 0 unspecified atom stereocenters. The predicted octanol–water partition coefficient (Wildman–Crippen LogP) is 2.07. The molecule has 8 rings (SSSR count). The largest absolute Gasteiger partial charge is 2.00 e. The van der Waals surface area contributed by atoms with Gasteiger partial charge in [-0.15, -0.1) is 0 Å². The van der Waals surface area contributed by atoms with Crippen LogP contribution in [0.15, 0.2) is 92.8 Å². The second-order valence-electron chi connectivity index (χ2n) is 17.6. The maximum atomic E-state index is 11.7. The van der Waals surface area contributed by atoms with Crippen molar-refractivity contribution >= 4 is 24.9 Å². The summed E-state index contributed by atoms with van der Waals surface area (Å²) in [4.78, 5) is 26.5. The van der Waals surface area contributed by atoms with Crippen molar-refractivity contribution in [2.75, 3.05) is 186 Å². The van der Waals surface area contributed by atoms with E-state index in [-0.39, 0.29) is 56.0 Å². The topological polar surface area (TPSA) is 228 Å². The molecule has 4 saturated heterocycles. The molecular formula is C56H76N8Ni2O12. The smallest absolute Gasteiger partial charge is 0.872 e. The average Bonchev–Trinajstić information content (AvgIpc) is 3.46. The molecule has 0 amide bonds. The van der Waals surface area contributed by atoms with Crippen LogP contribution in [0.3, 0.4) is 0 Å². The molecule has 0 radical (unpaired) electrons. The van der Waals surface area contributed by atoms with E-state index in [2.05, 4.69) is 39.6 Å². The van der Waals surface area contributed by atoms with Gasteiger partial charge in [-0.3, -0.25) is 39.6 Å². The fourth-order valence-corrected chi connectivity index (χ4v) is 7.74. The number of morpholine rings is 4. The summed E-state index contributed by atoms with van der Waals surface area (Å²) in [5, 5.41) is 46.8. The van der Waals surface area contributed by atoms with Gasteiger partial charge >= 0.3 is 33.0 Å². The van der Waals surface area contributed by atoms with E-state index in [0.717, 1.165) is 131 Å². The minimum atomic E-state index is -0.0607. The SMILES string of the molecule is COc1ccc(C=NCCN2CCOCC2)c([O-])c1.COc1ccc(C=NCCN2CCOCC2)c([O-])c1.COc1ccc(C=NCCN2CCOCC2)c([O-])c1.COc1ccc(C=NCCN2CCOCC2)c([O-])c1.[Ni+2].[Ni+2]. The van der Waals surface area contributed by atoms with E-state index in [4.69, 9.17) is 37.9 Å². The van der Waals surface area contributed by atoms with Crippen LogP contribution in [0.1, 0.15) is 22.3 Å². The standard InChI is InChI=1S/4C14H20N2O3.2Ni/c4*1-18-13-3-2-12(14(17)10-13)11-15-4-5-16-6-8-19-9-7-16;;/h4*2-3,10-11,17H,4-9H2,1H3;;/q;;;;2*+2/p-4. The number of hydrogen-bond donors (Lipinski definition) is 0. The molecule has 0 spiro atoms. The van der Waals surface area contributed by atoms with Gasteiger partial charge < -0.3 is 58.3 Å². The van der Waals surface area contributed by atoms with Gasteiger partial charge in [-0.05, 0) is 70.8 Å². The first-order chi connectivity index (χ1) is 37.2. The molecule has 4 aromatic rings. The van der Waals surface area contributed by atoms with Gasteiger partial charge in [-0.1, -0.05) is 47.3 Å². The first-order valence-corrected chi connectivity index (χ1v) is 25.8. The summed E-state index contributed by atoms with van der Waals surface area (Å²) in [5.41, 5.74) is 2.40. The van der Waals surface area contributed by atoms with Gasteiger partial charge in [0, 0.05) is 103 Å². The van der Waals surface area contributed by atoms with E-state index in [0.29, 0.717) is 71.4 Å². The van der Waals surface area contributed by atoms with Crippen molar-refractivity contribution in [3.8, 4) is 46.0 Å². The van der Waals surface area contributed by atoms with Crippen LogP contribution in [0, 0.1) is 0 Å². The van der Waals surface area contributed by atoms with Crippen LogP contribution in [0.25, 0.3) is 0 Å². The molecule has 4 aliphatic heterocycles. The average molecular weight is 1170 g/mol. The van der Waals surface area contributed by atoms with Gasteiger partial charge in [-0.25, -0.2) is 0 Å².